The van der Waals surface area contributed by atoms with Gasteiger partial charge in [-0.2, -0.15) is 11.8 Å². The molecule has 0 saturated heterocycles. The fourth-order valence-electron chi connectivity index (χ4n) is 2.24. The second-order valence-corrected chi connectivity index (χ2v) is 7.12. The molecule has 9 N–H and O–H groups in total. The third-order valence-corrected chi connectivity index (χ3v) is 4.49. The number of amides is 3. The summed E-state index contributed by atoms with van der Waals surface area (Å²) in [6.45, 7) is 0.491. The van der Waals surface area contributed by atoms with Crippen LogP contribution in [-0.4, -0.2) is 65.5 Å². The van der Waals surface area contributed by atoms with Crippen molar-refractivity contribution in [2.24, 2.45) is 17.2 Å². The minimum Gasteiger partial charge on any atom is -0.480 e. The first kappa shape index (κ1) is 25.1. The molecule has 0 radical (unpaired) electrons. The highest BCUT2D eigenvalue weighted by atomic mass is 32.2. The summed E-state index contributed by atoms with van der Waals surface area (Å²) in [6, 6.07) is -3.01. The Bertz CT molecular complexity index is 506. The Morgan fingerprint density at radius 1 is 1.00 bits per heavy atom. The van der Waals surface area contributed by atoms with Crippen LogP contribution in [-0.2, 0) is 19.2 Å². The molecule has 0 aliphatic rings. The summed E-state index contributed by atoms with van der Waals surface area (Å²) >= 11 is 1.45. The average molecular weight is 406 g/mol. The molecule has 0 fully saturated rings. The molecule has 0 aliphatic heterocycles. The predicted molar refractivity (Wildman–Crippen MR) is 104 cm³/mol. The molecule has 0 spiro atoms. The van der Waals surface area contributed by atoms with Gasteiger partial charge < -0.3 is 32.9 Å². The highest BCUT2D eigenvalue weighted by Crippen LogP contribution is 2.05. The van der Waals surface area contributed by atoms with E-state index in [0.717, 1.165) is 6.42 Å². The zero-order valence-corrected chi connectivity index (χ0v) is 16.4. The molecule has 0 bridgehead atoms. The normalized spacial score (nSPS) is 14.0. The van der Waals surface area contributed by atoms with Crippen molar-refractivity contribution < 1.29 is 24.3 Å². The number of hydrogen-bond donors (Lipinski definition) is 6. The monoisotopic (exact) mass is 405 g/mol. The lowest BCUT2D eigenvalue weighted by molar-refractivity contribution is -0.142. The number of carboxylic acids is 1. The minimum atomic E-state index is -1.17. The van der Waals surface area contributed by atoms with E-state index in [0.29, 0.717) is 25.1 Å². The maximum Gasteiger partial charge on any atom is 0.326 e. The number of carboxylic acid groups (broad SMARTS) is 1. The molecule has 11 heteroatoms. The summed E-state index contributed by atoms with van der Waals surface area (Å²) in [5.41, 5.74) is 16.3. The smallest absolute Gasteiger partial charge is 0.326 e. The summed E-state index contributed by atoms with van der Waals surface area (Å²) in [6.07, 6.45) is 3.67. The largest absolute Gasteiger partial charge is 0.480 e. The summed E-state index contributed by atoms with van der Waals surface area (Å²) in [5, 5.41) is 14.1. The van der Waals surface area contributed by atoms with Gasteiger partial charge in [0, 0.05) is 6.42 Å². The molecule has 27 heavy (non-hydrogen) atoms. The van der Waals surface area contributed by atoms with Crippen LogP contribution in [0.2, 0.25) is 0 Å². The SMILES string of the molecule is CSCCC(NC(=O)C(CCC(N)=O)NC(=O)C(N)CCCCN)C(=O)O. The Morgan fingerprint density at radius 3 is 2.15 bits per heavy atom. The van der Waals surface area contributed by atoms with Gasteiger partial charge in [-0.15, -0.1) is 0 Å². The zero-order valence-electron chi connectivity index (χ0n) is 15.6. The van der Waals surface area contributed by atoms with E-state index >= 15 is 0 Å². The van der Waals surface area contributed by atoms with Crippen LogP contribution in [0.5, 0.6) is 0 Å². The summed E-state index contributed by atoms with van der Waals surface area (Å²) in [7, 11) is 0. The number of unbranched alkanes of at least 4 members (excludes halogenated alkanes) is 1. The standard InChI is InChI=1S/C16H31N5O5S/c1-27-9-7-12(16(25)26)21-15(24)11(5-6-13(19)22)20-14(23)10(18)4-2-3-8-17/h10-12H,2-9,17-18H2,1H3,(H2,19,22)(H,20,23)(H,21,24)(H,25,26). The number of primary amides is 1. The van der Waals surface area contributed by atoms with E-state index in [1.807, 2.05) is 6.26 Å². The average Bonchev–Trinajstić information content (AvgIpc) is 2.61. The van der Waals surface area contributed by atoms with E-state index in [9.17, 15) is 24.3 Å². The molecule has 10 nitrogen and oxygen atoms in total. The molecule has 0 aromatic heterocycles. The molecule has 0 rings (SSSR count). The lowest BCUT2D eigenvalue weighted by atomic mass is 10.1. The fraction of sp³-hybridized carbons (Fsp3) is 0.750. The molecule has 0 aliphatic carbocycles. The van der Waals surface area contributed by atoms with Crippen molar-refractivity contribution in [2.75, 3.05) is 18.6 Å². The quantitative estimate of drug-likeness (QED) is 0.178. The first-order chi connectivity index (χ1) is 12.7. The van der Waals surface area contributed by atoms with Crippen LogP contribution in [0.15, 0.2) is 0 Å². The Labute approximate surface area is 163 Å². The van der Waals surface area contributed by atoms with Gasteiger partial charge in [0.25, 0.3) is 0 Å². The highest BCUT2D eigenvalue weighted by molar-refractivity contribution is 7.98. The Hall–Kier alpha value is -1.85. The molecule has 0 aromatic rings. The van der Waals surface area contributed by atoms with Gasteiger partial charge in [0.15, 0.2) is 0 Å². The van der Waals surface area contributed by atoms with Crippen LogP contribution in [0.1, 0.15) is 38.5 Å². The Balaban J connectivity index is 4.94. The van der Waals surface area contributed by atoms with Gasteiger partial charge in [-0.05, 0) is 44.2 Å². The third-order valence-electron chi connectivity index (χ3n) is 3.84. The number of nitrogens with two attached hydrogens (primary N) is 3. The van der Waals surface area contributed by atoms with Crippen LogP contribution in [0, 0.1) is 0 Å². The van der Waals surface area contributed by atoms with Crippen molar-refractivity contribution >= 4 is 35.5 Å². The molecule has 156 valence electrons. The number of thioether (sulfide) groups is 1. The van der Waals surface area contributed by atoms with Gasteiger partial charge in [0.05, 0.1) is 6.04 Å². The minimum absolute atomic E-state index is 0.0444. The van der Waals surface area contributed by atoms with Crippen LogP contribution in [0.25, 0.3) is 0 Å². The van der Waals surface area contributed by atoms with Crippen molar-refractivity contribution in [1.82, 2.24) is 10.6 Å². The van der Waals surface area contributed by atoms with E-state index in [2.05, 4.69) is 10.6 Å². The van der Waals surface area contributed by atoms with Crippen LogP contribution < -0.4 is 27.8 Å². The van der Waals surface area contributed by atoms with Gasteiger partial charge in [-0.3, -0.25) is 14.4 Å². The number of rotatable bonds is 15. The van der Waals surface area contributed by atoms with Crippen molar-refractivity contribution in [1.29, 1.82) is 0 Å². The van der Waals surface area contributed by atoms with Gasteiger partial charge in [-0.1, -0.05) is 6.42 Å². The van der Waals surface area contributed by atoms with Crippen molar-refractivity contribution in [3.8, 4) is 0 Å². The Morgan fingerprint density at radius 2 is 1.63 bits per heavy atom. The maximum absolute atomic E-state index is 12.4. The molecule has 3 amide bonds. The topological polar surface area (TPSA) is 191 Å². The number of nitrogens with one attached hydrogen (secondary N) is 2. The molecule has 0 saturated carbocycles. The maximum atomic E-state index is 12.4. The second kappa shape index (κ2) is 14.2. The van der Waals surface area contributed by atoms with Gasteiger partial charge >= 0.3 is 5.97 Å². The van der Waals surface area contributed by atoms with E-state index in [1.54, 1.807) is 0 Å². The first-order valence-corrected chi connectivity index (χ1v) is 10.2. The van der Waals surface area contributed by atoms with Gasteiger partial charge in [-0.25, -0.2) is 4.79 Å². The second-order valence-electron chi connectivity index (χ2n) is 6.14. The number of aliphatic carboxylic acids is 1. The summed E-state index contributed by atoms with van der Waals surface area (Å²) < 4.78 is 0. The summed E-state index contributed by atoms with van der Waals surface area (Å²) in [4.78, 5) is 47.0. The van der Waals surface area contributed by atoms with Crippen LogP contribution in [0.3, 0.4) is 0 Å². The van der Waals surface area contributed by atoms with Crippen LogP contribution in [0.4, 0.5) is 0 Å². The number of carbonyl (C=O) groups is 4. The number of hydrogen-bond acceptors (Lipinski definition) is 7. The van der Waals surface area contributed by atoms with Gasteiger partial charge in [0.2, 0.25) is 17.7 Å². The molecule has 0 aromatic carbocycles. The van der Waals surface area contributed by atoms with Crippen molar-refractivity contribution in [3.05, 3.63) is 0 Å². The lowest BCUT2D eigenvalue weighted by Crippen LogP contribution is -2.54. The molecule has 3 atom stereocenters. The van der Waals surface area contributed by atoms with E-state index in [1.165, 1.54) is 11.8 Å². The van der Waals surface area contributed by atoms with E-state index < -0.39 is 41.8 Å². The molecule has 3 unspecified atom stereocenters. The Kier molecular flexibility index (Phi) is 13.3. The number of carbonyl (C=O) groups excluding carboxylic acids is 3. The zero-order chi connectivity index (χ0) is 20.8. The third kappa shape index (κ3) is 11.5. The molecular weight excluding hydrogens is 374 g/mol. The van der Waals surface area contributed by atoms with Crippen molar-refractivity contribution in [3.63, 3.8) is 0 Å². The predicted octanol–water partition coefficient (Wildman–Crippen LogP) is -1.48. The van der Waals surface area contributed by atoms with Gasteiger partial charge in [0.1, 0.15) is 12.1 Å². The van der Waals surface area contributed by atoms with E-state index in [4.69, 9.17) is 17.2 Å². The fourth-order valence-corrected chi connectivity index (χ4v) is 2.71. The first-order valence-electron chi connectivity index (χ1n) is 8.79. The summed E-state index contributed by atoms with van der Waals surface area (Å²) in [5.74, 6) is -2.50. The van der Waals surface area contributed by atoms with Crippen molar-refractivity contribution in [2.45, 2.75) is 56.7 Å². The van der Waals surface area contributed by atoms with Crippen LogP contribution >= 0.6 is 11.8 Å². The van der Waals surface area contributed by atoms with E-state index in [-0.39, 0.29) is 19.3 Å². The lowest BCUT2D eigenvalue weighted by Gasteiger charge is -2.22. The molecular formula is C16H31N5O5S. The molecule has 0 heterocycles. The highest BCUT2D eigenvalue weighted by Gasteiger charge is 2.27.